The molecule has 23 heavy (non-hydrogen) atoms. The maximum Gasteiger partial charge on any atom is 0.255 e. The normalized spacial score (nSPS) is 15.8. The Bertz CT molecular complexity index is 711. The molecule has 1 aliphatic rings. The van der Waals surface area contributed by atoms with Crippen LogP contribution >= 0.6 is 22.9 Å². The summed E-state index contributed by atoms with van der Waals surface area (Å²) in [6, 6.07) is 4.46. The number of benzene rings is 1. The lowest BCUT2D eigenvalue weighted by molar-refractivity contribution is 0.0629. The number of carbonyl (C=O) groups excluding carboxylic acids is 1. The summed E-state index contributed by atoms with van der Waals surface area (Å²) >= 11 is 7.78. The molecule has 1 aliphatic heterocycles. The number of nitrogens with zero attached hydrogens (tertiary/aromatic N) is 3. The van der Waals surface area contributed by atoms with Gasteiger partial charge in [0.1, 0.15) is 5.75 Å². The molecule has 1 N–H and O–H groups in total. The van der Waals surface area contributed by atoms with Crippen LogP contribution in [0.1, 0.15) is 20.2 Å². The highest BCUT2D eigenvalue weighted by molar-refractivity contribution is 7.11. The van der Waals surface area contributed by atoms with Gasteiger partial charge in [0.2, 0.25) is 0 Å². The Labute approximate surface area is 144 Å². The molecular weight excluding hydrogens is 334 g/mol. The summed E-state index contributed by atoms with van der Waals surface area (Å²) in [7, 11) is 0. The lowest BCUT2D eigenvalue weighted by Gasteiger charge is -2.34. The molecule has 7 heteroatoms. The molecule has 0 radical (unpaired) electrons. The zero-order valence-corrected chi connectivity index (χ0v) is 14.4. The van der Waals surface area contributed by atoms with E-state index in [-0.39, 0.29) is 11.7 Å². The summed E-state index contributed by atoms with van der Waals surface area (Å²) < 4.78 is 0. The highest BCUT2D eigenvalue weighted by Crippen LogP contribution is 2.23. The number of aromatic hydroxyl groups is 1. The molecule has 1 fully saturated rings. The van der Waals surface area contributed by atoms with E-state index in [1.54, 1.807) is 22.3 Å². The fraction of sp³-hybridized carbons (Fsp3) is 0.375. The largest absolute Gasteiger partial charge is 0.508 e. The molecule has 0 saturated carbocycles. The molecule has 0 bridgehead atoms. The van der Waals surface area contributed by atoms with Crippen molar-refractivity contribution in [2.45, 2.75) is 13.5 Å². The van der Waals surface area contributed by atoms with Gasteiger partial charge < -0.3 is 10.0 Å². The number of carbonyl (C=O) groups is 1. The summed E-state index contributed by atoms with van der Waals surface area (Å²) in [5, 5.41) is 11.0. The molecule has 2 aromatic rings. The average molecular weight is 352 g/mol. The quantitative estimate of drug-likeness (QED) is 0.923. The number of piperazine rings is 1. The topological polar surface area (TPSA) is 56.7 Å². The standard InChI is InChI=1S/C16H18ClN3O2S/c1-11-18-9-13(23-11)10-19-4-6-20(7-5-19)16(22)14-8-12(21)2-3-15(14)17/h2-3,8-9,21H,4-7,10H2,1H3. The van der Waals surface area contributed by atoms with E-state index in [1.807, 2.05) is 13.1 Å². The number of aryl methyl sites for hydroxylation is 1. The van der Waals surface area contributed by atoms with Gasteiger partial charge in [-0.25, -0.2) is 4.98 Å². The number of thiazole rings is 1. The molecule has 122 valence electrons. The summed E-state index contributed by atoms with van der Waals surface area (Å²) in [4.78, 5) is 22.2. The lowest BCUT2D eigenvalue weighted by Crippen LogP contribution is -2.48. The molecule has 1 amide bonds. The van der Waals surface area contributed by atoms with Crippen molar-refractivity contribution in [1.82, 2.24) is 14.8 Å². The van der Waals surface area contributed by atoms with Gasteiger partial charge in [0.15, 0.2) is 0 Å². The molecule has 5 nitrogen and oxygen atoms in total. The molecule has 0 unspecified atom stereocenters. The Morgan fingerprint density at radius 3 is 2.74 bits per heavy atom. The van der Waals surface area contributed by atoms with Gasteiger partial charge in [-0.3, -0.25) is 9.69 Å². The van der Waals surface area contributed by atoms with Crippen molar-refractivity contribution < 1.29 is 9.90 Å². The first-order chi connectivity index (χ1) is 11.0. The number of phenols is 1. The van der Waals surface area contributed by atoms with E-state index in [4.69, 9.17) is 11.6 Å². The van der Waals surface area contributed by atoms with Crippen LogP contribution in [0.4, 0.5) is 0 Å². The third kappa shape index (κ3) is 3.83. The number of aromatic nitrogens is 1. The Hall–Kier alpha value is -1.63. The molecular formula is C16H18ClN3O2S. The van der Waals surface area contributed by atoms with Crippen molar-refractivity contribution in [2.24, 2.45) is 0 Å². The van der Waals surface area contributed by atoms with Crippen molar-refractivity contribution in [3.63, 3.8) is 0 Å². The summed E-state index contributed by atoms with van der Waals surface area (Å²) in [5.74, 6) is -0.0730. The number of amides is 1. The average Bonchev–Trinajstić information content (AvgIpc) is 2.95. The third-order valence-corrected chi connectivity index (χ3v) is 5.12. The van der Waals surface area contributed by atoms with Gasteiger partial charge in [-0.2, -0.15) is 0 Å². The summed E-state index contributed by atoms with van der Waals surface area (Å²) in [6.45, 7) is 5.83. The van der Waals surface area contributed by atoms with Gasteiger partial charge in [-0.05, 0) is 25.1 Å². The SMILES string of the molecule is Cc1ncc(CN2CCN(C(=O)c3cc(O)ccc3Cl)CC2)s1. The second-order valence-electron chi connectivity index (χ2n) is 5.58. The number of halogens is 1. The fourth-order valence-corrected chi connectivity index (χ4v) is 3.69. The van der Waals surface area contributed by atoms with Crippen molar-refractivity contribution in [3.05, 3.63) is 44.9 Å². The monoisotopic (exact) mass is 351 g/mol. The van der Waals surface area contributed by atoms with Crippen molar-refractivity contribution >= 4 is 28.8 Å². The number of rotatable bonds is 3. The van der Waals surface area contributed by atoms with Crippen molar-refractivity contribution in [2.75, 3.05) is 26.2 Å². The van der Waals surface area contributed by atoms with Crippen LogP contribution in [0.3, 0.4) is 0 Å². The van der Waals surface area contributed by atoms with Gasteiger partial charge in [-0.1, -0.05) is 11.6 Å². The second-order valence-corrected chi connectivity index (χ2v) is 7.30. The van der Waals surface area contributed by atoms with Crippen molar-refractivity contribution in [1.29, 1.82) is 0 Å². The fourth-order valence-electron chi connectivity index (χ4n) is 2.66. The predicted molar refractivity (Wildman–Crippen MR) is 91.1 cm³/mol. The van der Waals surface area contributed by atoms with E-state index in [2.05, 4.69) is 9.88 Å². The van der Waals surface area contributed by atoms with Crippen LogP contribution < -0.4 is 0 Å². The molecule has 1 aromatic carbocycles. The van der Waals surface area contributed by atoms with E-state index in [9.17, 15) is 9.90 Å². The number of hydrogen-bond donors (Lipinski definition) is 1. The van der Waals surface area contributed by atoms with E-state index >= 15 is 0 Å². The minimum Gasteiger partial charge on any atom is -0.508 e. The smallest absolute Gasteiger partial charge is 0.255 e. The number of hydrogen-bond acceptors (Lipinski definition) is 5. The van der Waals surface area contributed by atoms with Crippen LogP contribution in [0.25, 0.3) is 0 Å². The highest BCUT2D eigenvalue weighted by atomic mass is 35.5. The van der Waals surface area contributed by atoms with Crippen LogP contribution in [0.15, 0.2) is 24.4 Å². The molecule has 1 saturated heterocycles. The third-order valence-electron chi connectivity index (χ3n) is 3.89. The van der Waals surface area contributed by atoms with Gasteiger partial charge in [0, 0.05) is 43.8 Å². The Morgan fingerprint density at radius 1 is 1.35 bits per heavy atom. The molecule has 2 heterocycles. The zero-order chi connectivity index (χ0) is 16.4. The Kier molecular flexibility index (Phi) is 4.84. The van der Waals surface area contributed by atoms with Crippen LogP contribution in [0.2, 0.25) is 5.02 Å². The Balaban J connectivity index is 1.60. The maximum absolute atomic E-state index is 12.5. The van der Waals surface area contributed by atoms with Crippen LogP contribution in [0.5, 0.6) is 5.75 Å². The van der Waals surface area contributed by atoms with Gasteiger partial charge in [-0.15, -0.1) is 11.3 Å². The summed E-state index contributed by atoms with van der Waals surface area (Å²) in [6.07, 6.45) is 1.92. The highest BCUT2D eigenvalue weighted by Gasteiger charge is 2.24. The predicted octanol–water partition coefficient (Wildman–Crippen LogP) is 2.77. The molecule has 0 spiro atoms. The van der Waals surface area contributed by atoms with Crippen LogP contribution in [-0.4, -0.2) is 52.0 Å². The first-order valence-corrected chi connectivity index (χ1v) is 8.64. The van der Waals surface area contributed by atoms with Gasteiger partial charge in [0.05, 0.1) is 15.6 Å². The molecule has 3 rings (SSSR count). The van der Waals surface area contributed by atoms with Crippen LogP contribution in [0, 0.1) is 6.92 Å². The van der Waals surface area contributed by atoms with E-state index in [0.717, 1.165) is 24.6 Å². The van der Waals surface area contributed by atoms with Gasteiger partial charge >= 0.3 is 0 Å². The molecule has 0 aliphatic carbocycles. The van der Waals surface area contributed by atoms with Crippen LogP contribution in [-0.2, 0) is 6.54 Å². The lowest BCUT2D eigenvalue weighted by atomic mass is 10.1. The Morgan fingerprint density at radius 2 is 2.09 bits per heavy atom. The zero-order valence-electron chi connectivity index (χ0n) is 12.8. The van der Waals surface area contributed by atoms with E-state index in [0.29, 0.717) is 23.7 Å². The first-order valence-electron chi connectivity index (χ1n) is 7.44. The minimum atomic E-state index is -0.126. The van der Waals surface area contributed by atoms with E-state index < -0.39 is 0 Å². The second kappa shape index (κ2) is 6.86. The maximum atomic E-state index is 12.5. The minimum absolute atomic E-state index is 0.0527. The first kappa shape index (κ1) is 16.2. The molecule has 0 atom stereocenters. The number of phenolic OH excluding ortho intramolecular Hbond substituents is 1. The van der Waals surface area contributed by atoms with E-state index in [1.165, 1.54) is 17.0 Å². The molecule has 1 aromatic heterocycles. The van der Waals surface area contributed by atoms with Gasteiger partial charge in [0.25, 0.3) is 5.91 Å². The van der Waals surface area contributed by atoms with Crippen molar-refractivity contribution in [3.8, 4) is 5.75 Å². The summed E-state index contributed by atoms with van der Waals surface area (Å²) in [5.41, 5.74) is 0.359.